The highest BCUT2D eigenvalue weighted by atomic mass is 16.4. The van der Waals surface area contributed by atoms with Crippen molar-refractivity contribution < 1.29 is 9.90 Å². The summed E-state index contributed by atoms with van der Waals surface area (Å²) in [4.78, 5) is 25.8. The fraction of sp³-hybridized carbons (Fsp3) is 0.300. The van der Waals surface area contributed by atoms with Crippen LogP contribution in [0.5, 0.6) is 0 Å². The molecule has 0 saturated heterocycles. The number of aryl methyl sites for hydroxylation is 1. The molecule has 5 heteroatoms. The summed E-state index contributed by atoms with van der Waals surface area (Å²) in [5, 5.41) is 8.62. The summed E-state index contributed by atoms with van der Waals surface area (Å²) >= 11 is 0. The lowest BCUT2D eigenvalue weighted by atomic mass is 10.3. The van der Waals surface area contributed by atoms with Gasteiger partial charge in [0.15, 0.2) is 0 Å². The van der Waals surface area contributed by atoms with Crippen LogP contribution in [0.2, 0.25) is 0 Å². The fourth-order valence-electron chi connectivity index (χ4n) is 1.02. The van der Waals surface area contributed by atoms with E-state index in [0.29, 0.717) is 5.69 Å². The number of carboxylic acids is 1. The van der Waals surface area contributed by atoms with Crippen LogP contribution in [0.3, 0.4) is 0 Å². The molecule has 1 aromatic rings. The molecule has 0 saturated carbocycles. The molecule has 1 aromatic heterocycles. The van der Waals surface area contributed by atoms with Gasteiger partial charge in [0.1, 0.15) is 5.69 Å². The molecule has 0 aliphatic rings. The van der Waals surface area contributed by atoms with Crippen molar-refractivity contribution in [2.45, 2.75) is 20.4 Å². The van der Waals surface area contributed by atoms with E-state index >= 15 is 0 Å². The number of aliphatic carboxylic acids is 1. The van der Waals surface area contributed by atoms with Crippen LogP contribution < -0.4 is 5.56 Å². The van der Waals surface area contributed by atoms with Crippen LogP contribution in [-0.4, -0.2) is 20.6 Å². The number of aromatic nitrogens is 2. The van der Waals surface area contributed by atoms with E-state index in [4.69, 9.17) is 5.11 Å². The number of rotatable bonds is 3. The number of nitrogens with zero attached hydrogens (tertiary/aromatic N) is 2. The number of hydrogen-bond donors (Lipinski definition) is 1. The summed E-state index contributed by atoms with van der Waals surface area (Å²) in [6.07, 6.45) is 4.53. The van der Waals surface area contributed by atoms with Gasteiger partial charge < -0.3 is 9.67 Å². The van der Waals surface area contributed by atoms with Gasteiger partial charge in [0, 0.05) is 24.5 Å². The molecule has 0 bridgehead atoms. The van der Waals surface area contributed by atoms with Gasteiger partial charge in [-0.2, -0.15) is 0 Å². The van der Waals surface area contributed by atoms with Crippen LogP contribution in [0.4, 0.5) is 0 Å². The fourth-order valence-corrected chi connectivity index (χ4v) is 1.02. The summed E-state index contributed by atoms with van der Waals surface area (Å²) in [5.74, 6) is -0.978. The highest BCUT2D eigenvalue weighted by Crippen LogP contribution is 1.93. The first-order valence-electron chi connectivity index (χ1n) is 4.44. The maximum absolute atomic E-state index is 11.5. The lowest BCUT2D eigenvalue weighted by Gasteiger charge is -2.02. The average Bonchev–Trinajstić information content (AvgIpc) is 2.19. The Hall–Kier alpha value is -1.91. The predicted octanol–water partition coefficient (Wildman–Crippen LogP) is 0.583. The van der Waals surface area contributed by atoms with Crippen molar-refractivity contribution in [2.75, 3.05) is 0 Å². The second kappa shape index (κ2) is 4.54. The average molecular weight is 208 g/mol. The van der Waals surface area contributed by atoms with Crippen molar-refractivity contribution in [2.24, 2.45) is 0 Å². The van der Waals surface area contributed by atoms with Crippen LogP contribution in [0, 0.1) is 6.92 Å². The lowest BCUT2D eigenvalue weighted by molar-refractivity contribution is -0.132. The molecule has 5 nitrogen and oxygen atoms in total. The van der Waals surface area contributed by atoms with Crippen molar-refractivity contribution in [1.82, 2.24) is 9.55 Å². The van der Waals surface area contributed by atoms with Gasteiger partial charge in [-0.1, -0.05) is 6.08 Å². The van der Waals surface area contributed by atoms with Crippen molar-refractivity contribution in [3.8, 4) is 0 Å². The van der Waals surface area contributed by atoms with Gasteiger partial charge in [-0.25, -0.2) is 4.79 Å². The summed E-state index contributed by atoms with van der Waals surface area (Å²) < 4.78 is 1.41. The zero-order valence-electron chi connectivity index (χ0n) is 8.60. The Morgan fingerprint density at radius 1 is 1.67 bits per heavy atom. The molecule has 0 aliphatic carbocycles. The summed E-state index contributed by atoms with van der Waals surface area (Å²) in [7, 11) is 0. The normalized spacial score (nSPS) is 11.5. The molecule has 1 heterocycles. The molecule has 1 rings (SSSR count). The van der Waals surface area contributed by atoms with Crippen LogP contribution in [0.15, 0.2) is 28.8 Å². The van der Waals surface area contributed by atoms with Crippen molar-refractivity contribution in [3.05, 3.63) is 40.1 Å². The van der Waals surface area contributed by atoms with E-state index in [2.05, 4.69) is 4.98 Å². The van der Waals surface area contributed by atoms with E-state index in [1.54, 1.807) is 6.92 Å². The summed E-state index contributed by atoms with van der Waals surface area (Å²) in [6.45, 7) is 3.36. The number of allylic oxidation sites excluding steroid dienone is 1. The first-order chi connectivity index (χ1) is 7.02. The minimum atomic E-state index is -0.978. The molecule has 80 valence electrons. The third-order valence-corrected chi connectivity index (χ3v) is 2.02. The molecule has 0 aromatic carbocycles. The third-order valence-electron chi connectivity index (χ3n) is 2.02. The highest BCUT2D eigenvalue weighted by Gasteiger charge is 2.01. The molecule has 0 spiro atoms. The van der Waals surface area contributed by atoms with E-state index in [-0.39, 0.29) is 17.7 Å². The zero-order valence-corrected chi connectivity index (χ0v) is 8.60. The molecule has 0 fully saturated rings. The molecule has 15 heavy (non-hydrogen) atoms. The van der Waals surface area contributed by atoms with Gasteiger partial charge in [-0.3, -0.25) is 9.78 Å². The van der Waals surface area contributed by atoms with Crippen molar-refractivity contribution in [3.63, 3.8) is 0 Å². The molecule has 0 aliphatic heterocycles. The molecule has 0 radical (unpaired) electrons. The van der Waals surface area contributed by atoms with Crippen LogP contribution in [0.1, 0.15) is 12.6 Å². The standard InChI is InChI=1S/C10H12N2O3/c1-7(10(14)15)3-5-12-6-4-11-8(2)9(12)13/h3-4,6H,5H2,1-2H3,(H,14,15)/b7-3-. The topological polar surface area (TPSA) is 72.2 Å². The Morgan fingerprint density at radius 2 is 2.33 bits per heavy atom. The van der Waals surface area contributed by atoms with E-state index in [1.165, 1.54) is 30.0 Å². The second-order valence-electron chi connectivity index (χ2n) is 3.16. The quantitative estimate of drug-likeness (QED) is 0.737. The van der Waals surface area contributed by atoms with Crippen LogP contribution in [-0.2, 0) is 11.3 Å². The first-order valence-corrected chi connectivity index (χ1v) is 4.44. The molecular formula is C10H12N2O3. The van der Waals surface area contributed by atoms with Crippen molar-refractivity contribution in [1.29, 1.82) is 0 Å². The van der Waals surface area contributed by atoms with Crippen LogP contribution >= 0.6 is 0 Å². The smallest absolute Gasteiger partial charge is 0.331 e. The van der Waals surface area contributed by atoms with E-state index in [1.807, 2.05) is 0 Å². The first kappa shape index (κ1) is 11.2. The molecule has 0 unspecified atom stereocenters. The van der Waals surface area contributed by atoms with E-state index < -0.39 is 5.97 Å². The van der Waals surface area contributed by atoms with Gasteiger partial charge >= 0.3 is 5.97 Å². The van der Waals surface area contributed by atoms with Crippen molar-refractivity contribution >= 4 is 5.97 Å². The maximum atomic E-state index is 11.5. The number of carboxylic acid groups (broad SMARTS) is 1. The third kappa shape index (κ3) is 2.77. The Morgan fingerprint density at radius 3 is 2.93 bits per heavy atom. The second-order valence-corrected chi connectivity index (χ2v) is 3.16. The SMILES string of the molecule is C/C(=C/Cn1ccnc(C)c1=O)C(=O)O. The monoisotopic (exact) mass is 208 g/mol. The predicted molar refractivity (Wildman–Crippen MR) is 54.6 cm³/mol. The lowest BCUT2D eigenvalue weighted by Crippen LogP contribution is -2.22. The Bertz CT molecular complexity index is 460. The highest BCUT2D eigenvalue weighted by molar-refractivity contribution is 5.85. The molecule has 0 atom stereocenters. The zero-order chi connectivity index (χ0) is 11.4. The molecule has 1 N–H and O–H groups in total. The summed E-state index contributed by atoms with van der Waals surface area (Å²) in [5.41, 5.74) is 0.419. The largest absolute Gasteiger partial charge is 0.478 e. The minimum absolute atomic E-state index is 0.202. The summed E-state index contributed by atoms with van der Waals surface area (Å²) in [6, 6.07) is 0. The van der Waals surface area contributed by atoms with Gasteiger partial charge in [-0.05, 0) is 13.8 Å². The molecule has 0 amide bonds. The van der Waals surface area contributed by atoms with E-state index in [0.717, 1.165) is 0 Å². The van der Waals surface area contributed by atoms with Gasteiger partial charge in [0.25, 0.3) is 5.56 Å². The minimum Gasteiger partial charge on any atom is -0.478 e. The Labute approximate surface area is 86.7 Å². The Balaban J connectivity index is 2.92. The van der Waals surface area contributed by atoms with Crippen LogP contribution in [0.25, 0.3) is 0 Å². The number of carbonyl (C=O) groups is 1. The van der Waals surface area contributed by atoms with Gasteiger partial charge in [0.05, 0.1) is 0 Å². The maximum Gasteiger partial charge on any atom is 0.331 e. The van der Waals surface area contributed by atoms with Gasteiger partial charge in [-0.15, -0.1) is 0 Å². The molecular weight excluding hydrogens is 196 g/mol. The number of hydrogen-bond acceptors (Lipinski definition) is 3. The van der Waals surface area contributed by atoms with Gasteiger partial charge in [0.2, 0.25) is 0 Å². The Kier molecular flexibility index (Phi) is 3.38. The van der Waals surface area contributed by atoms with E-state index in [9.17, 15) is 9.59 Å².